The molecule has 146 valence electrons. The second-order valence-electron chi connectivity index (χ2n) is 6.39. The third kappa shape index (κ3) is 4.88. The van der Waals surface area contributed by atoms with E-state index in [0.717, 1.165) is 12.1 Å². The minimum absolute atomic E-state index is 0.0237. The Morgan fingerprint density at radius 2 is 1.86 bits per heavy atom. The number of anilines is 2. The highest BCUT2D eigenvalue weighted by molar-refractivity contribution is 5.96. The highest BCUT2D eigenvalue weighted by Gasteiger charge is 2.21. The monoisotopic (exact) mass is 382 g/mol. The Bertz CT molecular complexity index is 863. The predicted octanol–water partition coefficient (Wildman–Crippen LogP) is 2.55. The summed E-state index contributed by atoms with van der Waals surface area (Å²) < 4.78 is 10.2. The Kier molecular flexibility index (Phi) is 6.26. The zero-order valence-corrected chi connectivity index (χ0v) is 15.6. The van der Waals surface area contributed by atoms with Gasteiger partial charge in [0, 0.05) is 29.9 Å². The van der Waals surface area contributed by atoms with Gasteiger partial charge in [0.1, 0.15) is 5.75 Å². The molecule has 0 atom stereocenters. The summed E-state index contributed by atoms with van der Waals surface area (Å²) in [4.78, 5) is 37.5. The summed E-state index contributed by atoms with van der Waals surface area (Å²) >= 11 is 0. The molecule has 2 aromatic rings. The Hall–Kier alpha value is -3.35. The molecule has 2 aromatic carbocycles. The average Bonchev–Trinajstić information content (AvgIpc) is 3.13. The van der Waals surface area contributed by atoms with Crippen molar-refractivity contribution in [2.24, 2.45) is 0 Å². The number of nitrogens with one attached hydrogen (secondary N) is 1. The molecule has 0 aromatic heterocycles. The smallest absolute Gasteiger partial charge is 0.310 e. The largest absolute Gasteiger partial charge is 0.496 e. The lowest BCUT2D eigenvalue weighted by Crippen LogP contribution is -2.24. The summed E-state index contributed by atoms with van der Waals surface area (Å²) in [6.07, 6.45) is 1.45. The molecule has 28 heavy (non-hydrogen) atoms. The number of esters is 1. The van der Waals surface area contributed by atoms with Crippen LogP contribution in [0.2, 0.25) is 0 Å². The van der Waals surface area contributed by atoms with E-state index < -0.39 is 11.9 Å². The number of ether oxygens (including phenoxy) is 2. The maximum absolute atomic E-state index is 12.0. The molecule has 1 heterocycles. The number of rotatable bonds is 7. The molecule has 1 fully saturated rings. The Morgan fingerprint density at radius 3 is 2.54 bits per heavy atom. The minimum atomic E-state index is -0.512. The number of nitrogens with zero attached hydrogens (tertiary/aromatic N) is 1. The Balaban J connectivity index is 1.47. The van der Waals surface area contributed by atoms with Crippen molar-refractivity contribution in [1.82, 2.24) is 0 Å². The van der Waals surface area contributed by atoms with E-state index in [4.69, 9.17) is 9.47 Å². The summed E-state index contributed by atoms with van der Waals surface area (Å²) in [6.45, 7) is 0.340. The maximum Gasteiger partial charge on any atom is 0.310 e. The Labute approximate surface area is 163 Å². The first-order valence-electron chi connectivity index (χ1n) is 9.04. The first-order chi connectivity index (χ1) is 13.6. The predicted molar refractivity (Wildman–Crippen MR) is 104 cm³/mol. The van der Waals surface area contributed by atoms with E-state index in [2.05, 4.69) is 5.32 Å². The van der Waals surface area contributed by atoms with E-state index >= 15 is 0 Å². The lowest BCUT2D eigenvalue weighted by atomic mass is 10.1. The van der Waals surface area contributed by atoms with Crippen molar-refractivity contribution in [3.8, 4) is 5.75 Å². The molecule has 0 aliphatic carbocycles. The minimum Gasteiger partial charge on any atom is -0.496 e. The van der Waals surface area contributed by atoms with Crippen LogP contribution in [0.5, 0.6) is 5.75 Å². The third-order valence-electron chi connectivity index (χ3n) is 4.43. The zero-order chi connectivity index (χ0) is 19.9. The van der Waals surface area contributed by atoms with Gasteiger partial charge in [0.25, 0.3) is 5.91 Å². The summed E-state index contributed by atoms with van der Waals surface area (Å²) in [6, 6.07) is 14.1. The molecule has 0 unspecified atom stereocenters. The van der Waals surface area contributed by atoms with E-state index in [1.54, 1.807) is 47.4 Å². The molecular formula is C21H22N2O5. The zero-order valence-electron chi connectivity index (χ0n) is 15.6. The molecule has 3 rings (SSSR count). The number of amides is 2. The molecule has 0 radical (unpaired) electrons. The standard InChI is InChI=1S/C21H22N2O5/c1-27-18-6-3-2-5-15(18)13-21(26)28-14-19(24)22-16-8-10-17(11-9-16)23-12-4-7-20(23)25/h2-3,5-6,8-11H,4,7,12-14H2,1H3,(H,22,24). The molecule has 2 amide bonds. The number of carbonyl (C=O) groups is 3. The molecule has 0 saturated carbocycles. The first-order valence-corrected chi connectivity index (χ1v) is 9.04. The van der Waals surface area contributed by atoms with E-state index in [9.17, 15) is 14.4 Å². The maximum atomic E-state index is 12.0. The second-order valence-corrected chi connectivity index (χ2v) is 6.39. The fourth-order valence-corrected chi connectivity index (χ4v) is 3.04. The van der Waals surface area contributed by atoms with Crippen molar-refractivity contribution in [2.75, 3.05) is 30.5 Å². The van der Waals surface area contributed by atoms with E-state index in [-0.39, 0.29) is 18.9 Å². The highest BCUT2D eigenvalue weighted by atomic mass is 16.5. The molecular weight excluding hydrogens is 360 g/mol. The average molecular weight is 382 g/mol. The van der Waals surface area contributed by atoms with Gasteiger partial charge in [-0.25, -0.2) is 0 Å². The highest BCUT2D eigenvalue weighted by Crippen LogP contribution is 2.23. The van der Waals surface area contributed by atoms with Crippen LogP contribution in [-0.4, -0.2) is 38.0 Å². The van der Waals surface area contributed by atoms with Crippen molar-refractivity contribution in [3.63, 3.8) is 0 Å². The van der Waals surface area contributed by atoms with Crippen LogP contribution in [-0.2, 0) is 25.5 Å². The number of benzene rings is 2. The molecule has 1 aliphatic rings. The number of carbonyl (C=O) groups excluding carboxylic acids is 3. The second kappa shape index (κ2) is 9.03. The van der Waals surface area contributed by atoms with Crippen molar-refractivity contribution in [3.05, 3.63) is 54.1 Å². The van der Waals surface area contributed by atoms with Crippen molar-refractivity contribution >= 4 is 29.2 Å². The van der Waals surface area contributed by atoms with Gasteiger partial charge < -0.3 is 19.7 Å². The van der Waals surface area contributed by atoms with Gasteiger partial charge in [-0.05, 0) is 36.8 Å². The molecule has 0 spiro atoms. The van der Waals surface area contributed by atoms with Gasteiger partial charge in [0.15, 0.2) is 6.61 Å². The fraction of sp³-hybridized carbons (Fsp3) is 0.286. The first kappa shape index (κ1) is 19.4. The molecule has 1 N–H and O–H groups in total. The van der Waals surface area contributed by atoms with Gasteiger partial charge >= 0.3 is 5.97 Å². The van der Waals surface area contributed by atoms with Gasteiger partial charge in [-0.2, -0.15) is 0 Å². The molecule has 1 saturated heterocycles. The molecule has 1 aliphatic heterocycles. The van der Waals surface area contributed by atoms with Crippen molar-refractivity contribution < 1.29 is 23.9 Å². The van der Waals surface area contributed by atoms with Crippen molar-refractivity contribution in [2.45, 2.75) is 19.3 Å². The topological polar surface area (TPSA) is 84.9 Å². The Morgan fingerprint density at radius 1 is 1.11 bits per heavy atom. The number of para-hydroxylation sites is 1. The number of hydrogen-bond donors (Lipinski definition) is 1. The third-order valence-corrected chi connectivity index (χ3v) is 4.43. The van der Waals surface area contributed by atoms with E-state index in [1.165, 1.54) is 7.11 Å². The fourth-order valence-electron chi connectivity index (χ4n) is 3.04. The SMILES string of the molecule is COc1ccccc1CC(=O)OCC(=O)Nc1ccc(N2CCCC2=O)cc1. The van der Waals surface area contributed by atoms with Crippen LogP contribution in [0.3, 0.4) is 0 Å². The summed E-state index contributed by atoms with van der Waals surface area (Å²) in [5.41, 5.74) is 2.08. The van der Waals surface area contributed by atoms with Gasteiger partial charge in [-0.15, -0.1) is 0 Å². The normalized spacial score (nSPS) is 13.3. The molecule has 7 nitrogen and oxygen atoms in total. The summed E-state index contributed by atoms with van der Waals surface area (Å²) in [5.74, 6) is -0.236. The molecule has 0 bridgehead atoms. The quantitative estimate of drug-likeness (QED) is 0.744. The summed E-state index contributed by atoms with van der Waals surface area (Å²) in [5, 5.41) is 2.67. The molecule has 7 heteroatoms. The van der Waals surface area contributed by atoms with E-state index in [1.807, 2.05) is 6.07 Å². The lowest BCUT2D eigenvalue weighted by molar-refractivity contribution is -0.146. The van der Waals surface area contributed by atoms with Crippen LogP contribution in [0.4, 0.5) is 11.4 Å². The lowest BCUT2D eigenvalue weighted by Gasteiger charge is -2.16. The van der Waals surface area contributed by atoms with Crippen LogP contribution in [0, 0.1) is 0 Å². The van der Waals surface area contributed by atoms with Gasteiger partial charge in [-0.3, -0.25) is 14.4 Å². The number of methoxy groups -OCH3 is 1. The van der Waals surface area contributed by atoms with Crippen LogP contribution in [0.1, 0.15) is 18.4 Å². The van der Waals surface area contributed by atoms with Gasteiger partial charge in [0.2, 0.25) is 5.91 Å². The van der Waals surface area contributed by atoms with Crippen LogP contribution < -0.4 is 15.0 Å². The van der Waals surface area contributed by atoms with Crippen LogP contribution in [0.15, 0.2) is 48.5 Å². The summed E-state index contributed by atoms with van der Waals surface area (Å²) in [7, 11) is 1.53. The van der Waals surface area contributed by atoms with E-state index in [0.29, 0.717) is 30.0 Å². The van der Waals surface area contributed by atoms with Crippen LogP contribution >= 0.6 is 0 Å². The number of hydrogen-bond acceptors (Lipinski definition) is 5. The van der Waals surface area contributed by atoms with Crippen molar-refractivity contribution in [1.29, 1.82) is 0 Å². The van der Waals surface area contributed by atoms with Crippen LogP contribution in [0.25, 0.3) is 0 Å². The van der Waals surface area contributed by atoms with Gasteiger partial charge in [-0.1, -0.05) is 18.2 Å². The van der Waals surface area contributed by atoms with Gasteiger partial charge in [0.05, 0.1) is 13.5 Å².